The molecule has 2 saturated carbocycles. The minimum atomic E-state index is -0.882. The van der Waals surface area contributed by atoms with Crippen molar-refractivity contribution in [2.45, 2.75) is 97.4 Å². The van der Waals surface area contributed by atoms with Crippen LogP contribution in [0.5, 0.6) is 11.5 Å². The third-order valence-electron chi connectivity index (χ3n) is 14.9. The number of hydrogen-bond donors (Lipinski definition) is 3. The molecule has 0 radical (unpaired) electrons. The molecule has 1 aliphatic heterocycles. The van der Waals surface area contributed by atoms with Crippen LogP contribution in [0, 0.1) is 28.9 Å². The first kappa shape index (κ1) is 63.6. The Balaban J connectivity index is 0.000000223. The van der Waals surface area contributed by atoms with E-state index in [-0.39, 0.29) is 118 Å². The zero-order valence-corrected chi connectivity index (χ0v) is 48.5. The van der Waals surface area contributed by atoms with E-state index in [1.807, 2.05) is 43.3 Å². The van der Waals surface area contributed by atoms with Gasteiger partial charge in [0.15, 0.2) is 23.0 Å². The van der Waals surface area contributed by atoms with E-state index < -0.39 is 57.1 Å². The highest BCUT2D eigenvalue weighted by Crippen LogP contribution is 2.55. The summed E-state index contributed by atoms with van der Waals surface area (Å²) in [6.07, 6.45) is 6.28. The third-order valence-corrected chi connectivity index (χ3v) is 15.5. The molecule has 4 aromatic carbocycles. The van der Waals surface area contributed by atoms with Crippen molar-refractivity contribution in [3.8, 4) is 11.5 Å². The number of benzene rings is 4. The van der Waals surface area contributed by atoms with Gasteiger partial charge in [-0.15, -0.1) is 0 Å². The lowest BCUT2D eigenvalue weighted by molar-refractivity contribution is 0.0474. The molecule has 2 fully saturated rings. The Morgan fingerprint density at radius 1 is 0.728 bits per heavy atom. The number of aliphatic hydroxyl groups excluding tert-OH is 2. The Morgan fingerprint density at radius 3 is 1.74 bits per heavy atom. The molecule has 2 aliphatic carbocycles. The fraction of sp³-hybridized carbons (Fsp3) is 0.377. The number of likely N-dealkylation sites (N-methyl/N-ethyl adjacent to an activating group) is 1. The minimum Gasteiger partial charge on any atom is -0.483 e. The summed E-state index contributed by atoms with van der Waals surface area (Å²) in [6.45, 7) is 7.48. The molecule has 432 valence electrons. The quantitative estimate of drug-likeness (QED) is 0.0328. The van der Waals surface area contributed by atoms with Gasteiger partial charge in [0.1, 0.15) is 36.7 Å². The minimum absolute atomic E-state index is 0. The topological polar surface area (TPSA) is 218 Å². The molecule has 1 spiro atoms. The van der Waals surface area contributed by atoms with Crippen molar-refractivity contribution in [2.24, 2.45) is 23.0 Å². The van der Waals surface area contributed by atoms with Crippen LogP contribution in [0.4, 0.5) is 8.78 Å². The van der Waals surface area contributed by atoms with Crippen LogP contribution in [0.2, 0.25) is 10.0 Å². The van der Waals surface area contributed by atoms with E-state index >= 15 is 0 Å². The molecular formula is C61H68Cl2F2N3O12P. The highest BCUT2D eigenvalue weighted by Gasteiger charge is 2.62. The van der Waals surface area contributed by atoms with Crippen LogP contribution in [-0.4, -0.2) is 81.6 Å². The molecule has 81 heavy (non-hydrogen) atoms. The number of pyridine rings is 1. The number of Topliss-reactive ketones (excluding diaryl/α,β-unsaturated/α-hetero) is 2. The SMILES string of the molecule is CCC[C@]1(CN)C[C@H]1CO.CCN1C(=O)c2c(OCc3ccccc3)c(=O)c(C(=O)CCc3cccc(Cl)c3F)cn2C[C@]12C[C@H]2CO.CCOC(=O)c1occ(C(=O)CCc2cccc(Cl)c2F)c(=O)c1OCc1ccccc1.P. The predicted molar refractivity (Wildman–Crippen MR) is 309 cm³/mol. The lowest BCUT2D eigenvalue weighted by Crippen LogP contribution is -2.52. The Bertz CT molecular complexity index is 3310. The van der Waals surface area contributed by atoms with Gasteiger partial charge < -0.3 is 44.0 Å². The summed E-state index contributed by atoms with van der Waals surface area (Å²) in [6, 6.07) is 27.2. The summed E-state index contributed by atoms with van der Waals surface area (Å²) in [5, 5.41) is 18.6. The number of carbonyl (C=O) groups is 4. The van der Waals surface area contributed by atoms with E-state index in [0.717, 1.165) is 30.4 Å². The summed E-state index contributed by atoms with van der Waals surface area (Å²) in [7, 11) is 0. The maximum absolute atomic E-state index is 14.4. The number of hydrogen-bond acceptors (Lipinski definition) is 13. The molecule has 9 rings (SSSR count). The van der Waals surface area contributed by atoms with Crippen LogP contribution < -0.4 is 26.1 Å². The average Bonchev–Trinajstić information content (AvgIpc) is 4.57. The molecule has 4 N–H and O–H groups in total. The number of carbonyl (C=O) groups excluding carboxylic acids is 4. The number of nitrogens with two attached hydrogens (primary N) is 1. The Morgan fingerprint density at radius 2 is 1.26 bits per heavy atom. The van der Waals surface area contributed by atoms with E-state index in [9.17, 15) is 42.7 Å². The molecule has 15 nitrogen and oxygen atoms in total. The van der Waals surface area contributed by atoms with Gasteiger partial charge in [0.2, 0.25) is 16.6 Å². The van der Waals surface area contributed by atoms with Gasteiger partial charge >= 0.3 is 5.97 Å². The molecule has 2 aromatic heterocycles. The maximum Gasteiger partial charge on any atom is 0.378 e. The number of esters is 1. The summed E-state index contributed by atoms with van der Waals surface area (Å²) in [5.41, 5.74) is 5.66. The second kappa shape index (κ2) is 28.9. The number of aromatic nitrogens is 1. The number of fused-ring (bicyclic) bond motifs is 1. The van der Waals surface area contributed by atoms with Gasteiger partial charge in [-0.05, 0) is 98.2 Å². The van der Waals surface area contributed by atoms with Crippen LogP contribution in [-0.2, 0) is 37.3 Å². The number of rotatable bonds is 22. The molecule has 3 heterocycles. The molecule has 1 amide bonds. The monoisotopic (exact) mass is 1170 g/mol. The van der Waals surface area contributed by atoms with E-state index in [2.05, 4.69) is 6.92 Å². The number of aryl methyl sites for hydroxylation is 2. The normalized spacial score (nSPS) is 18.2. The Labute approximate surface area is 481 Å². The molecule has 5 atom stereocenters. The number of nitrogens with zero attached hydrogens (tertiary/aromatic N) is 2. The van der Waals surface area contributed by atoms with E-state index in [0.29, 0.717) is 37.5 Å². The van der Waals surface area contributed by atoms with Crippen molar-refractivity contribution in [1.29, 1.82) is 0 Å². The second-order valence-electron chi connectivity index (χ2n) is 20.0. The molecular weight excluding hydrogens is 1110 g/mol. The highest BCUT2D eigenvalue weighted by molar-refractivity contribution is 6.92. The predicted octanol–water partition coefficient (Wildman–Crippen LogP) is 10.1. The number of ether oxygens (including phenoxy) is 3. The molecule has 20 heteroatoms. The van der Waals surface area contributed by atoms with Gasteiger partial charge in [-0.1, -0.05) is 121 Å². The van der Waals surface area contributed by atoms with Crippen molar-refractivity contribution in [3.63, 3.8) is 0 Å². The van der Waals surface area contributed by atoms with E-state index in [4.69, 9.17) is 52.7 Å². The zero-order valence-electron chi connectivity index (χ0n) is 45.5. The smallest absolute Gasteiger partial charge is 0.378 e. The first-order valence-corrected chi connectivity index (χ1v) is 27.4. The fourth-order valence-corrected chi connectivity index (χ4v) is 10.7. The average molecular weight is 1180 g/mol. The van der Waals surface area contributed by atoms with Gasteiger partial charge in [-0.2, -0.15) is 9.90 Å². The van der Waals surface area contributed by atoms with Crippen molar-refractivity contribution in [2.75, 3.05) is 32.9 Å². The van der Waals surface area contributed by atoms with Crippen LogP contribution in [0.25, 0.3) is 0 Å². The van der Waals surface area contributed by atoms with Crippen LogP contribution in [0.3, 0.4) is 0 Å². The standard InChI is InChI=1S/C29H28ClFN2O5.C24H20ClFO6.C8H17NO.H3P/c1-2-33-28(37)25-27(38-16-18-7-4-3-5-8-18)26(36)21(14-32(25)17-29(33)13-20(29)15-34)23(35)12-11-19-9-6-10-22(30)24(19)31;1-2-30-24(29)23-22(31-13-15-7-4-3-5-8-15)21(28)17(14-32-23)19(27)12-11-16-9-6-10-18(25)20(16)26;1-2-3-8(6-9)4-7(8)5-10;/h3-10,14,20,34H,2,11-13,15-17H2,1H3;3-10,14H,2,11-13H2,1H3;7,10H,2-6,9H2,1H3;1H3/t20-,29-;;7-,8+;/m0.0./s1. The third kappa shape index (κ3) is 14.7. The fourth-order valence-electron chi connectivity index (χ4n) is 10.3. The first-order valence-electron chi connectivity index (χ1n) is 26.6. The number of ketones is 2. The van der Waals surface area contributed by atoms with Gasteiger partial charge in [-0.25, -0.2) is 13.6 Å². The summed E-state index contributed by atoms with van der Waals surface area (Å²) in [4.78, 5) is 80.2. The second-order valence-corrected chi connectivity index (χ2v) is 20.8. The summed E-state index contributed by atoms with van der Waals surface area (Å²) in [5.74, 6) is -4.10. The number of halogens is 4. The van der Waals surface area contributed by atoms with E-state index in [1.165, 1.54) is 37.2 Å². The van der Waals surface area contributed by atoms with E-state index in [1.54, 1.807) is 58.9 Å². The number of aliphatic hydroxyl groups is 2. The Kier molecular flexibility index (Phi) is 22.7. The largest absolute Gasteiger partial charge is 0.483 e. The highest BCUT2D eigenvalue weighted by atomic mass is 35.5. The van der Waals surface area contributed by atoms with Gasteiger partial charge in [0, 0.05) is 51.3 Å². The molecule has 0 bridgehead atoms. The van der Waals surface area contributed by atoms with Gasteiger partial charge in [0.25, 0.3) is 11.7 Å². The summed E-state index contributed by atoms with van der Waals surface area (Å²) < 4.78 is 51.8. The van der Waals surface area contributed by atoms with Crippen LogP contribution in [0.1, 0.15) is 123 Å². The molecule has 1 unspecified atom stereocenters. The summed E-state index contributed by atoms with van der Waals surface area (Å²) >= 11 is 11.6. The zero-order chi connectivity index (χ0) is 57.7. The molecule has 3 aliphatic rings. The van der Waals surface area contributed by atoms with Crippen molar-refractivity contribution in [3.05, 3.63) is 196 Å². The number of amides is 1. The van der Waals surface area contributed by atoms with Gasteiger partial charge in [0.05, 0.1) is 27.8 Å². The molecule has 6 aromatic rings. The van der Waals surface area contributed by atoms with Gasteiger partial charge in [-0.3, -0.25) is 24.0 Å². The van der Waals surface area contributed by atoms with Crippen molar-refractivity contribution < 1.29 is 56.8 Å². The van der Waals surface area contributed by atoms with Crippen molar-refractivity contribution >= 4 is 56.5 Å². The molecule has 0 saturated heterocycles. The van der Waals surface area contributed by atoms with Crippen molar-refractivity contribution in [1.82, 2.24) is 9.47 Å². The first-order chi connectivity index (χ1) is 38.5. The maximum atomic E-state index is 14.4. The van der Waals surface area contributed by atoms with Crippen LogP contribution >= 0.6 is 33.1 Å². The Hall–Kier alpha value is -6.59. The lowest BCUT2D eigenvalue weighted by Gasteiger charge is -2.39. The van der Waals surface area contributed by atoms with Crippen LogP contribution in [0.15, 0.2) is 124 Å². The lowest BCUT2D eigenvalue weighted by atomic mass is 9.98.